The number of hydrogen-bond donors (Lipinski definition) is 2. The first-order valence-electron chi connectivity index (χ1n) is 7.28. The molecule has 0 spiro atoms. The number of alkyl halides is 3. The zero-order valence-corrected chi connectivity index (χ0v) is 14.3. The molecule has 0 heterocycles. The molecule has 1 atom stereocenters. The second-order valence-electron chi connectivity index (χ2n) is 5.25. The Bertz CT molecular complexity index is 647. The molecule has 7 heteroatoms. The highest BCUT2D eigenvalue weighted by Crippen LogP contribution is 2.29. The van der Waals surface area contributed by atoms with E-state index in [4.69, 9.17) is 4.74 Å². The Hall–Kier alpha value is -1.57. The number of ether oxygens (including phenoxy) is 1. The van der Waals surface area contributed by atoms with Gasteiger partial charge in [0, 0.05) is 17.6 Å². The van der Waals surface area contributed by atoms with Gasteiger partial charge in [0.25, 0.3) is 0 Å². The summed E-state index contributed by atoms with van der Waals surface area (Å²) in [6, 6.07) is 12.3. The van der Waals surface area contributed by atoms with Gasteiger partial charge in [-0.25, -0.2) is 0 Å². The van der Waals surface area contributed by atoms with Crippen molar-refractivity contribution in [2.24, 2.45) is 0 Å². The van der Waals surface area contributed by atoms with E-state index < -0.39 is 17.8 Å². The first-order valence-corrected chi connectivity index (χ1v) is 8.07. The van der Waals surface area contributed by atoms with Crippen molar-refractivity contribution in [3.8, 4) is 5.75 Å². The molecule has 3 nitrogen and oxygen atoms in total. The van der Waals surface area contributed by atoms with Crippen LogP contribution in [0.1, 0.15) is 11.1 Å². The fourth-order valence-electron chi connectivity index (χ4n) is 2.02. The van der Waals surface area contributed by atoms with Crippen LogP contribution in [0.25, 0.3) is 0 Å². The quantitative estimate of drug-likeness (QED) is 0.733. The Morgan fingerprint density at radius 1 is 1.12 bits per heavy atom. The Balaban J connectivity index is 1.74. The summed E-state index contributed by atoms with van der Waals surface area (Å²) in [6.45, 7) is 0.545. The summed E-state index contributed by atoms with van der Waals surface area (Å²) in [4.78, 5) is 0. The normalized spacial score (nSPS) is 12.9. The largest absolute Gasteiger partial charge is 0.491 e. The number of aliphatic hydroxyl groups excluding tert-OH is 1. The van der Waals surface area contributed by atoms with E-state index in [2.05, 4.69) is 21.2 Å². The third kappa shape index (κ3) is 6.14. The zero-order chi connectivity index (χ0) is 17.6. The molecule has 0 saturated carbocycles. The van der Waals surface area contributed by atoms with E-state index in [1.807, 2.05) is 12.1 Å². The van der Waals surface area contributed by atoms with E-state index in [1.54, 1.807) is 18.2 Å². The zero-order valence-electron chi connectivity index (χ0n) is 12.7. The van der Waals surface area contributed by atoms with Crippen LogP contribution in [0, 0.1) is 0 Å². The van der Waals surface area contributed by atoms with E-state index in [-0.39, 0.29) is 19.7 Å². The summed E-state index contributed by atoms with van der Waals surface area (Å²) in [5.74, 6) is 0.634. The maximum Gasteiger partial charge on any atom is 0.416 e. The fraction of sp³-hybridized carbons (Fsp3) is 0.294. The van der Waals surface area contributed by atoms with Crippen LogP contribution >= 0.6 is 15.9 Å². The lowest BCUT2D eigenvalue weighted by Crippen LogP contribution is -2.31. The lowest BCUT2D eigenvalue weighted by atomic mass is 10.1. The molecule has 0 unspecified atom stereocenters. The third-order valence-corrected chi connectivity index (χ3v) is 3.75. The van der Waals surface area contributed by atoms with Crippen molar-refractivity contribution in [2.45, 2.75) is 18.8 Å². The molecule has 0 saturated heterocycles. The number of aliphatic hydroxyl groups is 1. The van der Waals surface area contributed by atoms with Gasteiger partial charge in [-0.3, -0.25) is 0 Å². The van der Waals surface area contributed by atoms with Crippen molar-refractivity contribution in [2.75, 3.05) is 13.2 Å². The van der Waals surface area contributed by atoms with E-state index in [9.17, 15) is 18.3 Å². The van der Waals surface area contributed by atoms with Gasteiger partial charge in [-0.15, -0.1) is 0 Å². The molecule has 0 bridgehead atoms. The number of hydrogen-bond acceptors (Lipinski definition) is 3. The van der Waals surface area contributed by atoms with Crippen molar-refractivity contribution in [1.82, 2.24) is 5.32 Å². The van der Waals surface area contributed by atoms with Gasteiger partial charge in [0.2, 0.25) is 0 Å². The fourth-order valence-corrected chi connectivity index (χ4v) is 2.29. The van der Waals surface area contributed by atoms with Crippen LogP contribution in [0.5, 0.6) is 5.75 Å². The average molecular weight is 404 g/mol. The van der Waals surface area contributed by atoms with Crippen molar-refractivity contribution < 1.29 is 23.0 Å². The molecule has 0 aliphatic carbocycles. The highest BCUT2D eigenvalue weighted by Gasteiger charge is 2.30. The van der Waals surface area contributed by atoms with Gasteiger partial charge in [-0.2, -0.15) is 13.2 Å². The molecule has 2 aromatic rings. The lowest BCUT2D eigenvalue weighted by molar-refractivity contribution is -0.137. The molecular weight excluding hydrogens is 387 g/mol. The van der Waals surface area contributed by atoms with Gasteiger partial charge >= 0.3 is 6.18 Å². The number of halogens is 4. The van der Waals surface area contributed by atoms with Crippen LogP contribution in [-0.4, -0.2) is 24.4 Å². The highest BCUT2D eigenvalue weighted by molar-refractivity contribution is 9.10. The predicted octanol–water partition coefficient (Wildman–Crippen LogP) is 4.00. The Labute approximate surface area is 146 Å². The summed E-state index contributed by atoms with van der Waals surface area (Å²) in [7, 11) is 0. The Kier molecular flexibility index (Phi) is 6.65. The molecule has 2 N–H and O–H groups in total. The smallest absolute Gasteiger partial charge is 0.416 e. The number of rotatable bonds is 7. The standard InChI is InChI=1S/C17H17BrF3NO2/c18-14-4-6-16(7-5-14)24-11-15(23)10-22-9-12-2-1-3-13(8-12)17(19,20)21/h1-8,15,22-23H,9-11H2/t15-/m0/s1. The third-order valence-electron chi connectivity index (χ3n) is 3.22. The van der Waals surface area contributed by atoms with E-state index in [0.717, 1.165) is 16.6 Å². The van der Waals surface area contributed by atoms with Crippen molar-refractivity contribution in [3.05, 3.63) is 64.1 Å². The van der Waals surface area contributed by atoms with Crippen LogP contribution < -0.4 is 10.1 Å². The Morgan fingerprint density at radius 3 is 2.50 bits per heavy atom. The van der Waals surface area contributed by atoms with Gasteiger partial charge in [0.1, 0.15) is 18.5 Å². The van der Waals surface area contributed by atoms with Gasteiger partial charge in [0.05, 0.1) is 5.56 Å². The van der Waals surface area contributed by atoms with Crippen molar-refractivity contribution in [1.29, 1.82) is 0 Å². The molecule has 0 fully saturated rings. The molecule has 0 radical (unpaired) electrons. The minimum absolute atomic E-state index is 0.0945. The summed E-state index contributed by atoms with van der Waals surface area (Å²) in [5.41, 5.74) is -0.174. The average Bonchev–Trinajstić information content (AvgIpc) is 2.54. The molecule has 0 aromatic heterocycles. The van der Waals surface area contributed by atoms with Gasteiger partial charge in [-0.1, -0.05) is 34.1 Å². The van der Waals surface area contributed by atoms with E-state index in [1.165, 1.54) is 6.07 Å². The summed E-state index contributed by atoms with van der Waals surface area (Å²) < 4.78 is 44.2. The first kappa shape index (κ1) is 18.8. The molecule has 24 heavy (non-hydrogen) atoms. The van der Waals surface area contributed by atoms with Crippen LogP contribution in [0.4, 0.5) is 13.2 Å². The minimum Gasteiger partial charge on any atom is -0.491 e. The second kappa shape index (κ2) is 8.50. The lowest BCUT2D eigenvalue weighted by Gasteiger charge is -2.14. The van der Waals surface area contributed by atoms with Crippen LogP contribution in [0.15, 0.2) is 53.0 Å². The molecule has 0 aliphatic heterocycles. The molecular formula is C17H17BrF3NO2. The molecule has 0 amide bonds. The van der Waals surface area contributed by atoms with E-state index in [0.29, 0.717) is 11.3 Å². The van der Waals surface area contributed by atoms with Gasteiger partial charge < -0.3 is 15.2 Å². The summed E-state index contributed by atoms with van der Waals surface area (Å²) >= 11 is 3.31. The monoisotopic (exact) mass is 403 g/mol. The topological polar surface area (TPSA) is 41.5 Å². The Morgan fingerprint density at radius 2 is 1.83 bits per heavy atom. The van der Waals surface area contributed by atoms with Gasteiger partial charge in [0.15, 0.2) is 0 Å². The van der Waals surface area contributed by atoms with Crippen molar-refractivity contribution >= 4 is 15.9 Å². The first-order chi connectivity index (χ1) is 11.3. The second-order valence-corrected chi connectivity index (χ2v) is 6.16. The van der Waals surface area contributed by atoms with Gasteiger partial charge in [-0.05, 0) is 35.9 Å². The highest BCUT2D eigenvalue weighted by atomic mass is 79.9. The molecule has 2 aromatic carbocycles. The minimum atomic E-state index is -4.35. The molecule has 0 aliphatic rings. The molecule has 2 rings (SSSR count). The number of benzene rings is 2. The number of nitrogens with one attached hydrogen (secondary N) is 1. The predicted molar refractivity (Wildman–Crippen MR) is 88.8 cm³/mol. The SMILES string of the molecule is O[C@@H](CNCc1cccc(C(F)(F)F)c1)COc1ccc(Br)cc1. The van der Waals surface area contributed by atoms with E-state index >= 15 is 0 Å². The maximum atomic E-state index is 12.6. The van der Waals surface area contributed by atoms with Crippen LogP contribution in [-0.2, 0) is 12.7 Å². The maximum absolute atomic E-state index is 12.6. The van der Waals surface area contributed by atoms with Crippen molar-refractivity contribution in [3.63, 3.8) is 0 Å². The summed E-state index contributed by atoms with van der Waals surface area (Å²) in [5, 5.41) is 12.8. The summed E-state index contributed by atoms with van der Waals surface area (Å²) in [6.07, 6.45) is -5.12. The molecule has 130 valence electrons. The van der Waals surface area contributed by atoms with Crippen LogP contribution in [0.2, 0.25) is 0 Å². The van der Waals surface area contributed by atoms with Crippen LogP contribution in [0.3, 0.4) is 0 Å².